The van der Waals surface area contributed by atoms with Crippen molar-refractivity contribution in [3.05, 3.63) is 107 Å². The fourth-order valence-electron chi connectivity index (χ4n) is 9.27. The molecule has 300 valence electrons. The van der Waals surface area contributed by atoms with Crippen LogP contribution in [0.4, 0.5) is 11.4 Å². The zero-order valence-corrected chi connectivity index (χ0v) is 35.6. The minimum Gasteiger partial charge on any atom is -0.463 e. The Morgan fingerprint density at radius 2 is 1.21 bits per heavy atom. The van der Waals surface area contributed by atoms with E-state index in [0.717, 1.165) is 71.1 Å². The molecule has 0 spiro atoms. The van der Waals surface area contributed by atoms with Gasteiger partial charge in [-0.25, -0.2) is 4.58 Å². The molecule has 0 atom stereocenters. The molecule has 4 aliphatic rings. The van der Waals surface area contributed by atoms with E-state index in [1.807, 2.05) is 18.7 Å². The Kier molecular flexibility index (Phi) is 13.1. The molecule has 2 fully saturated rings. The van der Waals surface area contributed by atoms with Crippen LogP contribution in [-0.2, 0) is 25.2 Å². The van der Waals surface area contributed by atoms with E-state index >= 15 is 0 Å². The summed E-state index contributed by atoms with van der Waals surface area (Å²) < 4.78 is 7.83. The fraction of sp³-hybridized carbons (Fsp3) is 0.531. The van der Waals surface area contributed by atoms with Crippen LogP contribution in [0.15, 0.2) is 95.4 Å². The van der Waals surface area contributed by atoms with Gasteiger partial charge >= 0.3 is 5.97 Å². The van der Waals surface area contributed by atoms with Gasteiger partial charge in [-0.1, -0.05) is 103 Å². The Morgan fingerprint density at radius 1 is 0.732 bits per heavy atom. The molecule has 0 N–H and O–H groups in total. The number of rotatable bonds is 12. The molecule has 1 saturated heterocycles. The lowest BCUT2D eigenvalue weighted by molar-refractivity contribution is -0.537. The first kappa shape index (κ1) is 41.2. The van der Waals surface area contributed by atoms with Crippen molar-refractivity contribution in [2.24, 2.45) is 0 Å². The highest BCUT2D eigenvalue weighted by Gasteiger charge is 2.41. The highest BCUT2D eigenvalue weighted by molar-refractivity contribution is 6.10. The van der Waals surface area contributed by atoms with Crippen molar-refractivity contribution in [3.8, 4) is 0 Å². The smallest absolute Gasteiger partial charge is 0.306 e. The number of unbranched alkanes of at least 4 members (excludes halogenated alkanes) is 2. The molecule has 7 heteroatoms. The number of benzene rings is 2. The number of fused-ring (bicyclic) bond motifs is 2. The van der Waals surface area contributed by atoms with Crippen LogP contribution in [0.3, 0.4) is 0 Å². The summed E-state index contributed by atoms with van der Waals surface area (Å²) in [5.74, 6) is -0.272. The second kappa shape index (κ2) is 17.8. The van der Waals surface area contributed by atoms with Crippen molar-refractivity contribution >= 4 is 29.0 Å². The molecule has 0 unspecified atom stereocenters. The molecule has 2 aromatic carbocycles. The van der Waals surface area contributed by atoms with Gasteiger partial charge in [0.2, 0.25) is 11.6 Å². The van der Waals surface area contributed by atoms with Gasteiger partial charge in [-0.05, 0) is 81.4 Å². The number of para-hydroxylation sites is 2. The number of nitrogens with zero attached hydrogens (tertiary/aromatic N) is 4. The lowest BCUT2D eigenvalue weighted by Gasteiger charge is -2.29. The third-order valence-electron chi connectivity index (χ3n) is 12.3. The second-order valence-electron chi connectivity index (χ2n) is 17.4. The van der Waals surface area contributed by atoms with E-state index in [4.69, 9.17) is 4.74 Å². The molecule has 56 heavy (non-hydrogen) atoms. The van der Waals surface area contributed by atoms with Crippen molar-refractivity contribution in [1.82, 2.24) is 4.90 Å². The Bertz CT molecular complexity index is 1810. The van der Waals surface area contributed by atoms with Gasteiger partial charge in [0.25, 0.3) is 0 Å². The minimum absolute atomic E-state index is 0.0328. The Hall–Kier alpha value is -4.39. The molecule has 2 aromatic rings. The third-order valence-corrected chi connectivity index (χ3v) is 12.3. The maximum Gasteiger partial charge on any atom is 0.306 e. The van der Waals surface area contributed by atoms with Crippen molar-refractivity contribution in [1.29, 1.82) is 0 Å². The predicted octanol–water partition coefficient (Wildman–Crippen LogP) is 10.0. The van der Waals surface area contributed by atoms with Gasteiger partial charge in [0.05, 0.1) is 25.6 Å². The minimum atomic E-state index is -0.305. The number of amides is 1. The Morgan fingerprint density at radius 3 is 1.68 bits per heavy atom. The number of esters is 1. The summed E-state index contributed by atoms with van der Waals surface area (Å²) in [6.45, 7) is 22.5. The lowest BCUT2D eigenvalue weighted by atomic mass is 9.82. The summed E-state index contributed by atoms with van der Waals surface area (Å²) in [5, 5.41) is 0. The van der Waals surface area contributed by atoms with Crippen LogP contribution in [-0.4, -0.2) is 72.4 Å². The molecule has 3 heterocycles. The first-order valence-electron chi connectivity index (χ1n) is 21.5. The number of hydrogen-bond acceptors (Lipinski definition) is 5. The number of piperazine rings is 1. The number of ether oxygens (including phenoxy) is 1. The summed E-state index contributed by atoms with van der Waals surface area (Å²) in [6.07, 6.45) is 17.6. The molecule has 7 nitrogen and oxygen atoms in total. The van der Waals surface area contributed by atoms with Crippen LogP contribution in [0.25, 0.3) is 0 Å². The van der Waals surface area contributed by atoms with Crippen LogP contribution < -0.4 is 9.80 Å². The van der Waals surface area contributed by atoms with Crippen LogP contribution >= 0.6 is 0 Å². The number of hydrogen-bond donors (Lipinski definition) is 0. The summed E-state index contributed by atoms with van der Waals surface area (Å²) >= 11 is 0. The number of carbonyl (C=O) groups excluding carboxylic acids is 2. The van der Waals surface area contributed by atoms with Gasteiger partial charge in [-0.3, -0.25) is 9.59 Å². The summed E-state index contributed by atoms with van der Waals surface area (Å²) in [5.41, 5.74) is 12.1. The van der Waals surface area contributed by atoms with Crippen LogP contribution in [0.5, 0.6) is 0 Å². The van der Waals surface area contributed by atoms with Crippen molar-refractivity contribution < 1.29 is 18.9 Å². The van der Waals surface area contributed by atoms with E-state index in [-0.39, 0.29) is 41.7 Å². The van der Waals surface area contributed by atoms with Gasteiger partial charge in [0.1, 0.15) is 0 Å². The molecule has 0 aromatic heterocycles. The molecule has 0 bridgehead atoms. The SMILES string of the molecule is CCCCN1/C(=C/C=C2\CCC/C(=C\C=C3\N(CCCC)c4ccccc4C3(C)C)C2=[N+]2CCN(C(=O)CCC(=O)OC(C)C)CC2)C(C)(C)c2ccccc21. The fourth-order valence-corrected chi connectivity index (χ4v) is 9.27. The van der Waals surface area contributed by atoms with Crippen molar-refractivity contribution in [3.63, 3.8) is 0 Å². The summed E-state index contributed by atoms with van der Waals surface area (Å²) in [4.78, 5) is 32.5. The largest absolute Gasteiger partial charge is 0.463 e. The molecule has 1 amide bonds. The average Bonchev–Trinajstić information content (AvgIpc) is 3.54. The van der Waals surface area contributed by atoms with Crippen LogP contribution in [0, 0.1) is 0 Å². The van der Waals surface area contributed by atoms with E-state index < -0.39 is 0 Å². The zero-order chi connectivity index (χ0) is 40.0. The zero-order valence-electron chi connectivity index (χ0n) is 35.6. The van der Waals surface area contributed by atoms with E-state index in [1.165, 1.54) is 50.8 Å². The van der Waals surface area contributed by atoms with Gasteiger partial charge in [-0.15, -0.1) is 0 Å². The van der Waals surface area contributed by atoms with E-state index in [9.17, 15) is 9.59 Å². The second-order valence-corrected chi connectivity index (χ2v) is 17.4. The quantitative estimate of drug-likeness (QED) is 0.159. The van der Waals surface area contributed by atoms with Crippen LogP contribution in [0.1, 0.15) is 124 Å². The molecular weight excluding hydrogens is 693 g/mol. The number of anilines is 2. The maximum atomic E-state index is 13.3. The normalized spacial score (nSPS) is 21.8. The van der Waals surface area contributed by atoms with Crippen molar-refractivity contribution in [2.75, 3.05) is 49.1 Å². The topological polar surface area (TPSA) is 56.1 Å². The number of allylic oxidation sites excluding steroid dienone is 8. The highest BCUT2D eigenvalue weighted by atomic mass is 16.5. The molecule has 1 saturated carbocycles. The molecule has 6 rings (SSSR count). The maximum absolute atomic E-state index is 13.3. The molecule has 3 aliphatic heterocycles. The van der Waals surface area contributed by atoms with E-state index in [2.05, 4.69) is 129 Å². The number of carbonyl (C=O) groups is 2. The highest BCUT2D eigenvalue weighted by Crippen LogP contribution is 2.49. The van der Waals surface area contributed by atoms with Gasteiger partial charge in [0.15, 0.2) is 13.1 Å². The van der Waals surface area contributed by atoms with Crippen LogP contribution in [0.2, 0.25) is 0 Å². The molecule has 1 aliphatic carbocycles. The van der Waals surface area contributed by atoms with Gasteiger partial charge < -0.3 is 19.4 Å². The summed E-state index contributed by atoms with van der Waals surface area (Å²) in [7, 11) is 0. The first-order chi connectivity index (χ1) is 26.9. The summed E-state index contributed by atoms with van der Waals surface area (Å²) in [6, 6.07) is 17.9. The molecular formula is C49H67N4O3+. The van der Waals surface area contributed by atoms with E-state index in [1.54, 1.807) is 0 Å². The molecule has 0 radical (unpaired) electrons. The van der Waals surface area contributed by atoms with Gasteiger partial charge in [-0.2, -0.15) is 0 Å². The lowest BCUT2D eigenvalue weighted by Crippen LogP contribution is -2.47. The predicted molar refractivity (Wildman–Crippen MR) is 232 cm³/mol. The van der Waals surface area contributed by atoms with Crippen molar-refractivity contribution in [2.45, 2.75) is 130 Å². The standard InChI is InChI=1S/C49H67N4O3/c1-9-11-30-52-41-22-15-13-20-39(41)48(5,6)43(52)26-24-37-18-17-19-38(25-27-44-49(7,8)40-21-14-16-23-42(40)53(44)31-12-10-2)47(37)51-34-32-50(33-35-51)45(54)28-29-46(55)56-36(3)4/h13-16,20-27,36H,9-12,17-19,28-35H2,1-8H3/q+1. The van der Waals surface area contributed by atoms with Gasteiger partial charge in [0, 0.05) is 64.3 Å². The monoisotopic (exact) mass is 760 g/mol. The Labute approximate surface area is 337 Å². The third kappa shape index (κ3) is 8.62. The Balaban J connectivity index is 1.38. The average molecular weight is 760 g/mol. The van der Waals surface area contributed by atoms with E-state index in [0.29, 0.717) is 13.1 Å². The first-order valence-corrected chi connectivity index (χ1v) is 21.5.